The van der Waals surface area contributed by atoms with E-state index in [9.17, 15) is 0 Å². The summed E-state index contributed by atoms with van der Waals surface area (Å²) in [5.41, 5.74) is 3.82. The molecule has 1 aliphatic heterocycles. The van der Waals surface area contributed by atoms with Gasteiger partial charge in [-0.3, -0.25) is 4.98 Å². The number of pyridine rings is 1. The average molecular weight is 279 g/mol. The molecule has 0 unspecified atom stereocenters. The largest absolute Gasteiger partial charge is 0.370 e. The van der Waals surface area contributed by atoms with Crippen molar-refractivity contribution in [2.75, 3.05) is 36.0 Å². The van der Waals surface area contributed by atoms with Crippen LogP contribution in [0.5, 0.6) is 0 Å². The molecule has 1 aromatic heterocycles. The molecule has 1 N–H and O–H groups in total. The van der Waals surface area contributed by atoms with Crippen LogP contribution < -0.4 is 10.2 Å². The minimum absolute atomic E-state index is 0.688. The molecular formula is C15H25N3S. The van der Waals surface area contributed by atoms with Gasteiger partial charge in [0.15, 0.2) is 0 Å². The number of nitrogens with one attached hydrogen (secondary N) is 1. The second kappa shape index (κ2) is 7.15. The second-order valence-corrected chi connectivity index (χ2v) is 6.80. The third-order valence-corrected chi connectivity index (χ3v) is 4.26. The first-order chi connectivity index (χ1) is 9.16. The Morgan fingerprint density at radius 3 is 2.79 bits per heavy atom. The Morgan fingerprint density at radius 2 is 2.11 bits per heavy atom. The fourth-order valence-electron chi connectivity index (χ4n) is 2.30. The van der Waals surface area contributed by atoms with E-state index in [1.54, 1.807) is 0 Å². The lowest BCUT2D eigenvalue weighted by Crippen LogP contribution is -2.34. The standard InChI is InChI=1S/C15H25N3S/c1-12(2)9-16-10-14-11-17-13(3)8-15(14)18-4-6-19-7-5-18/h8,11-12,16H,4-7,9-10H2,1-3H3. The Morgan fingerprint density at radius 1 is 1.37 bits per heavy atom. The zero-order chi connectivity index (χ0) is 13.7. The number of anilines is 1. The van der Waals surface area contributed by atoms with E-state index >= 15 is 0 Å². The molecule has 0 aromatic carbocycles. The first-order valence-corrected chi connectivity index (χ1v) is 8.31. The van der Waals surface area contributed by atoms with Gasteiger partial charge in [0.25, 0.3) is 0 Å². The van der Waals surface area contributed by atoms with E-state index in [2.05, 4.69) is 53.8 Å². The number of aromatic nitrogens is 1. The highest BCUT2D eigenvalue weighted by molar-refractivity contribution is 7.99. The van der Waals surface area contributed by atoms with E-state index in [4.69, 9.17) is 0 Å². The quantitative estimate of drug-likeness (QED) is 0.897. The Kier molecular flexibility index (Phi) is 5.52. The molecule has 0 amide bonds. The topological polar surface area (TPSA) is 28.2 Å². The highest BCUT2D eigenvalue weighted by Gasteiger charge is 2.15. The maximum absolute atomic E-state index is 4.46. The minimum atomic E-state index is 0.688. The summed E-state index contributed by atoms with van der Waals surface area (Å²) in [6, 6.07) is 2.24. The maximum Gasteiger partial charge on any atom is 0.0446 e. The van der Waals surface area contributed by atoms with Crippen molar-refractivity contribution in [3.05, 3.63) is 23.5 Å². The minimum Gasteiger partial charge on any atom is -0.370 e. The van der Waals surface area contributed by atoms with Gasteiger partial charge in [0, 0.05) is 54.3 Å². The van der Waals surface area contributed by atoms with E-state index in [-0.39, 0.29) is 0 Å². The molecule has 2 heterocycles. The third-order valence-electron chi connectivity index (χ3n) is 3.32. The highest BCUT2D eigenvalue weighted by atomic mass is 32.2. The fourth-order valence-corrected chi connectivity index (χ4v) is 3.21. The third kappa shape index (κ3) is 4.39. The molecule has 1 saturated heterocycles. The van der Waals surface area contributed by atoms with Crippen LogP contribution in [-0.4, -0.2) is 36.1 Å². The predicted molar refractivity (Wildman–Crippen MR) is 85.1 cm³/mol. The summed E-state index contributed by atoms with van der Waals surface area (Å²) in [4.78, 5) is 6.97. The van der Waals surface area contributed by atoms with Crippen molar-refractivity contribution in [1.29, 1.82) is 0 Å². The summed E-state index contributed by atoms with van der Waals surface area (Å²) in [7, 11) is 0. The summed E-state index contributed by atoms with van der Waals surface area (Å²) in [6.07, 6.45) is 2.04. The lowest BCUT2D eigenvalue weighted by atomic mass is 10.1. The molecule has 4 heteroatoms. The summed E-state index contributed by atoms with van der Waals surface area (Å²) in [5.74, 6) is 3.16. The van der Waals surface area contributed by atoms with Crippen molar-refractivity contribution >= 4 is 17.4 Å². The number of aryl methyl sites for hydroxylation is 1. The number of thioether (sulfide) groups is 1. The molecule has 0 bridgehead atoms. The smallest absolute Gasteiger partial charge is 0.0446 e. The maximum atomic E-state index is 4.46. The summed E-state index contributed by atoms with van der Waals surface area (Å²) < 4.78 is 0. The molecule has 106 valence electrons. The Bertz CT molecular complexity index is 400. The van der Waals surface area contributed by atoms with Gasteiger partial charge in [-0.25, -0.2) is 0 Å². The van der Waals surface area contributed by atoms with Gasteiger partial charge in [0.2, 0.25) is 0 Å². The van der Waals surface area contributed by atoms with Gasteiger partial charge in [0.1, 0.15) is 0 Å². The van der Waals surface area contributed by atoms with Crippen LogP contribution in [0.3, 0.4) is 0 Å². The van der Waals surface area contributed by atoms with Crippen LogP contribution >= 0.6 is 11.8 Å². The van der Waals surface area contributed by atoms with Crippen molar-refractivity contribution in [1.82, 2.24) is 10.3 Å². The summed E-state index contributed by atoms with van der Waals surface area (Å²) >= 11 is 2.05. The molecule has 19 heavy (non-hydrogen) atoms. The zero-order valence-electron chi connectivity index (χ0n) is 12.3. The van der Waals surface area contributed by atoms with Crippen LogP contribution in [0.15, 0.2) is 12.3 Å². The lowest BCUT2D eigenvalue weighted by molar-refractivity contribution is 0.551. The summed E-state index contributed by atoms with van der Waals surface area (Å²) in [5, 5.41) is 3.53. The van der Waals surface area contributed by atoms with Gasteiger partial charge in [0.05, 0.1) is 0 Å². The van der Waals surface area contributed by atoms with Crippen LogP contribution in [-0.2, 0) is 6.54 Å². The first-order valence-electron chi connectivity index (χ1n) is 7.15. The fraction of sp³-hybridized carbons (Fsp3) is 0.667. The number of rotatable bonds is 5. The van der Waals surface area contributed by atoms with Crippen LogP contribution in [0.4, 0.5) is 5.69 Å². The van der Waals surface area contributed by atoms with Gasteiger partial charge in [-0.1, -0.05) is 13.8 Å². The molecule has 2 rings (SSSR count). The highest BCUT2D eigenvalue weighted by Crippen LogP contribution is 2.24. The SMILES string of the molecule is Cc1cc(N2CCSCC2)c(CNCC(C)C)cn1. The van der Waals surface area contributed by atoms with E-state index in [0.29, 0.717) is 5.92 Å². The van der Waals surface area contributed by atoms with Crippen molar-refractivity contribution in [3.63, 3.8) is 0 Å². The molecule has 1 fully saturated rings. The van der Waals surface area contributed by atoms with Gasteiger partial charge < -0.3 is 10.2 Å². The first kappa shape index (κ1) is 14.7. The second-order valence-electron chi connectivity index (χ2n) is 5.58. The number of hydrogen-bond donors (Lipinski definition) is 1. The Labute approximate surface area is 121 Å². The predicted octanol–water partition coefficient (Wildman–Crippen LogP) is 2.69. The van der Waals surface area contributed by atoms with Gasteiger partial charge in [-0.2, -0.15) is 11.8 Å². The van der Waals surface area contributed by atoms with Gasteiger partial charge >= 0.3 is 0 Å². The van der Waals surface area contributed by atoms with Crippen LogP contribution in [0.25, 0.3) is 0 Å². The van der Waals surface area contributed by atoms with Crippen molar-refractivity contribution in [3.8, 4) is 0 Å². The van der Waals surface area contributed by atoms with E-state index < -0.39 is 0 Å². The average Bonchev–Trinajstić information content (AvgIpc) is 2.41. The Hall–Kier alpha value is -0.740. The number of nitrogens with zero attached hydrogens (tertiary/aromatic N) is 2. The molecule has 0 atom stereocenters. The normalized spacial score (nSPS) is 16.1. The van der Waals surface area contributed by atoms with E-state index in [1.165, 1.54) is 22.8 Å². The number of hydrogen-bond acceptors (Lipinski definition) is 4. The molecular weight excluding hydrogens is 254 g/mol. The van der Waals surface area contributed by atoms with Crippen LogP contribution in [0, 0.1) is 12.8 Å². The van der Waals surface area contributed by atoms with Crippen molar-refractivity contribution < 1.29 is 0 Å². The van der Waals surface area contributed by atoms with Crippen molar-refractivity contribution in [2.24, 2.45) is 5.92 Å². The van der Waals surface area contributed by atoms with E-state index in [1.807, 2.05) is 6.20 Å². The molecule has 1 aliphatic rings. The molecule has 1 aromatic rings. The lowest BCUT2D eigenvalue weighted by Gasteiger charge is -2.30. The van der Waals surface area contributed by atoms with Crippen LogP contribution in [0.1, 0.15) is 25.1 Å². The molecule has 3 nitrogen and oxygen atoms in total. The van der Waals surface area contributed by atoms with Gasteiger partial charge in [-0.05, 0) is 25.5 Å². The molecule has 0 aliphatic carbocycles. The monoisotopic (exact) mass is 279 g/mol. The molecule has 0 spiro atoms. The summed E-state index contributed by atoms with van der Waals surface area (Å²) in [6.45, 7) is 10.9. The zero-order valence-corrected chi connectivity index (χ0v) is 13.1. The molecule has 0 radical (unpaired) electrons. The van der Waals surface area contributed by atoms with Gasteiger partial charge in [-0.15, -0.1) is 0 Å². The van der Waals surface area contributed by atoms with Crippen molar-refractivity contribution in [2.45, 2.75) is 27.3 Å². The molecule has 0 saturated carbocycles. The Balaban J connectivity index is 2.08. The van der Waals surface area contributed by atoms with Crippen LogP contribution in [0.2, 0.25) is 0 Å². The van der Waals surface area contributed by atoms with E-state index in [0.717, 1.165) is 31.9 Å².